The first-order valence-corrected chi connectivity index (χ1v) is 7.30. The largest absolute Gasteiger partial charge is 0.370 e. The Hall–Kier alpha value is -2.40. The fourth-order valence-corrected chi connectivity index (χ4v) is 3.26. The van der Waals surface area contributed by atoms with Gasteiger partial charge < -0.3 is 11.1 Å². The van der Waals surface area contributed by atoms with E-state index < -0.39 is 11.9 Å². The number of amides is 1. The smallest absolute Gasteiger partial charge is 0.244 e. The zero-order chi connectivity index (χ0) is 14.8. The van der Waals surface area contributed by atoms with Gasteiger partial charge in [0.25, 0.3) is 0 Å². The summed E-state index contributed by atoms with van der Waals surface area (Å²) in [6.07, 6.45) is 0. The summed E-state index contributed by atoms with van der Waals surface area (Å²) in [5, 5.41) is 5.90. The van der Waals surface area contributed by atoms with E-state index in [0.29, 0.717) is 5.69 Å². The summed E-state index contributed by atoms with van der Waals surface area (Å²) in [6.45, 7) is 0. The summed E-state index contributed by atoms with van der Waals surface area (Å²) in [6, 6.07) is 13.1. The van der Waals surface area contributed by atoms with Crippen LogP contribution in [-0.2, 0) is 4.79 Å². The standard InChI is InChI=1S/C16H13FN2OS/c17-10-4-3-5-11(8-10)19-15(16(18)20)13-9-21-14-7-2-1-6-12(13)14/h1-9,15,19H,(H2,18,20). The lowest BCUT2D eigenvalue weighted by atomic mass is 10.0. The molecule has 1 amide bonds. The predicted molar refractivity (Wildman–Crippen MR) is 83.8 cm³/mol. The Bertz CT molecular complexity index is 800. The number of carbonyl (C=O) groups excluding carboxylic acids is 1. The van der Waals surface area contributed by atoms with Crippen LogP contribution in [0.4, 0.5) is 10.1 Å². The number of fused-ring (bicyclic) bond motifs is 1. The number of thiophene rings is 1. The van der Waals surface area contributed by atoms with Crippen molar-refractivity contribution in [1.82, 2.24) is 0 Å². The van der Waals surface area contributed by atoms with Crippen molar-refractivity contribution >= 4 is 33.0 Å². The van der Waals surface area contributed by atoms with Gasteiger partial charge in [0.2, 0.25) is 5.91 Å². The molecule has 0 aliphatic heterocycles. The van der Waals surface area contributed by atoms with Crippen LogP contribution in [0, 0.1) is 5.82 Å². The minimum absolute atomic E-state index is 0.363. The quantitative estimate of drug-likeness (QED) is 0.772. The van der Waals surface area contributed by atoms with Gasteiger partial charge in [-0.2, -0.15) is 0 Å². The second-order valence-corrected chi connectivity index (χ2v) is 5.59. The Morgan fingerprint density at radius 1 is 1.19 bits per heavy atom. The monoisotopic (exact) mass is 300 g/mol. The van der Waals surface area contributed by atoms with Crippen LogP contribution in [0.25, 0.3) is 10.1 Å². The third-order valence-electron chi connectivity index (χ3n) is 3.24. The topological polar surface area (TPSA) is 55.1 Å². The van der Waals surface area contributed by atoms with Crippen LogP contribution in [0.2, 0.25) is 0 Å². The summed E-state index contributed by atoms with van der Waals surface area (Å²) < 4.78 is 14.3. The fourth-order valence-electron chi connectivity index (χ4n) is 2.27. The molecule has 0 fully saturated rings. The maximum Gasteiger partial charge on any atom is 0.244 e. The number of nitrogens with two attached hydrogens (primary N) is 1. The molecule has 3 rings (SSSR count). The predicted octanol–water partition coefficient (Wildman–Crippen LogP) is 3.68. The molecule has 1 atom stereocenters. The number of halogens is 1. The molecular weight excluding hydrogens is 287 g/mol. The van der Waals surface area contributed by atoms with Crippen molar-refractivity contribution in [1.29, 1.82) is 0 Å². The highest BCUT2D eigenvalue weighted by molar-refractivity contribution is 7.17. The average molecular weight is 300 g/mol. The van der Waals surface area contributed by atoms with Crippen molar-refractivity contribution in [3.8, 4) is 0 Å². The lowest BCUT2D eigenvalue weighted by Crippen LogP contribution is -2.27. The van der Waals surface area contributed by atoms with Gasteiger partial charge in [0, 0.05) is 16.0 Å². The molecule has 3 aromatic rings. The molecule has 2 aromatic carbocycles. The first-order chi connectivity index (χ1) is 10.1. The molecule has 0 spiro atoms. The number of nitrogens with one attached hydrogen (secondary N) is 1. The van der Waals surface area contributed by atoms with E-state index in [1.54, 1.807) is 23.5 Å². The van der Waals surface area contributed by atoms with Gasteiger partial charge in [0.05, 0.1) is 0 Å². The van der Waals surface area contributed by atoms with Crippen LogP contribution in [0.5, 0.6) is 0 Å². The van der Waals surface area contributed by atoms with Gasteiger partial charge in [0.1, 0.15) is 11.9 Å². The molecule has 21 heavy (non-hydrogen) atoms. The van der Waals surface area contributed by atoms with E-state index in [-0.39, 0.29) is 5.82 Å². The highest BCUT2D eigenvalue weighted by Crippen LogP contribution is 2.32. The molecule has 1 aromatic heterocycles. The number of primary amides is 1. The summed E-state index contributed by atoms with van der Waals surface area (Å²) in [5.41, 5.74) is 6.85. The van der Waals surface area contributed by atoms with E-state index in [1.807, 2.05) is 29.6 Å². The Kier molecular flexibility index (Phi) is 3.58. The van der Waals surface area contributed by atoms with E-state index >= 15 is 0 Å². The Labute approximate surface area is 125 Å². The van der Waals surface area contributed by atoms with Crippen LogP contribution < -0.4 is 11.1 Å². The molecule has 0 bridgehead atoms. The molecular formula is C16H13FN2OS. The summed E-state index contributed by atoms with van der Waals surface area (Å²) >= 11 is 1.55. The van der Waals surface area contributed by atoms with Crippen molar-refractivity contribution < 1.29 is 9.18 Å². The lowest BCUT2D eigenvalue weighted by molar-refractivity contribution is -0.118. The van der Waals surface area contributed by atoms with Crippen molar-refractivity contribution in [2.24, 2.45) is 5.73 Å². The molecule has 0 aliphatic carbocycles. The van der Waals surface area contributed by atoms with E-state index in [0.717, 1.165) is 15.6 Å². The Morgan fingerprint density at radius 3 is 2.76 bits per heavy atom. The minimum atomic E-state index is -0.692. The highest BCUT2D eigenvalue weighted by Gasteiger charge is 2.21. The molecule has 106 valence electrons. The SMILES string of the molecule is NC(=O)C(Nc1cccc(F)c1)c1csc2ccccc12. The van der Waals surface area contributed by atoms with Gasteiger partial charge in [-0.05, 0) is 35.0 Å². The van der Waals surface area contributed by atoms with Gasteiger partial charge in [-0.25, -0.2) is 4.39 Å². The molecule has 3 nitrogen and oxygen atoms in total. The molecule has 0 saturated heterocycles. The Balaban J connectivity index is 2.00. The van der Waals surface area contributed by atoms with Gasteiger partial charge in [-0.1, -0.05) is 24.3 Å². The van der Waals surface area contributed by atoms with Crippen LogP contribution in [0.3, 0.4) is 0 Å². The van der Waals surface area contributed by atoms with Crippen LogP contribution in [0.1, 0.15) is 11.6 Å². The summed E-state index contributed by atoms with van der Waals surface area (Å²) in [7, 11) is 0. The normalized spacial score (nSPS) is 12.2. The second-order valence-electron chi connectivity index (χ2n) is 4.68. The Morgan fingerprint density at radius 2 is 2.00 bits per heavy atom. The van der Waals surface area contributed by atoms with Crippen molar-refractivity contribution in [2.75, 3.05) is 5.32 Å². The van der Waals surface area contributed by atoms with E-state index in [9.17, 15) is 9.18 Å². The summed E-state index contributed by atoms with van der Waals surface area (Å²) in [5.74, 6) is -0.860. The first-order valence-electron chi connectivity index (χ1n) is 6.43. The number of hydrogen-bond donors (Lipinski definition) is 2. The zero-order valence-corrected chi connectivity index (χ0v) is 11.9. The van der Waals surface area contributed by atoms with Crippen molar-refractivity contribution in [2.45, 2.75) is 6.04 Å². The second kappa shape index (κ2) is 5.54. The number of hydrogen-bond acceptors (Lipinski definition) is 3. The molecule has 1 unspecified atom stereocenters. The van der Waals surface area contributed by atoms with Crippen molar-refractivity contribution in [3.63, 3.8) is 0 Å². The van der Waals surface area contributed by atoms with E-state index in [1.165, 1.54) is 12.1 Å². The third kappa shape index (κ3) is 2.73. The van der Waals surface area contributed by atoms with Gasteiger partial charge in [-0.3, -0.25) is 4.79 Å². The minimum Gasteiger partial charge on any atom is -0.370 e. The molecule has 0 radical (unpaired) electrons. The van der Waals surface area contributed by atoms with Crippen LogP contribution in [-0.4, -0.2) is 5.91 Å². The fraction of sp³-hybridized carbons (Fsp3) is 0.0625. The number of anilines is 1. The number of carbonyl (C=O) groups is 1. The maximum atomic E-state index is 13.3. The lowest BCUT2D eigenvalue weighted by Gasteiger charge is -2.16. The van der Waals surface area contributed by atoms with E-state index in [4.69, 9.17) is 5.73 Å². The molecule has 0 aliphatic rings. The number of rotatable bonds is 4. The van der Waals surface area contributed by atoms with Gasteiger partial charge in [0.15, 0.2) is 0 Å². The molecule has 1 heterocycles. The average Bonchev–Trinajstić information content (AvgIpc) is 2.88. The highest BCUT2D eigenvalue weighted by atomic mass is 32.1. The maximum absolute atomic E-state index is 13.3. The van der Waals surface area contributed by atoms with Crippen LogP contribution in [0.15, 0.2) is 53.9 Å². The van der Waals surface area contributed by atoms with Crippen LogP contribution >= 0.6 is 11.3 Å². The van der Waals surface area contributed by atoms with Crippen molar-refractivity contribution in [3.05, 3.63) is 65.3 Å². The molecule has 3 N–H and O–H groups in total. The zero-order valence-electron chi connectivity index (χ0n) is 11.0. The number of benzene rings is 2. The first kappa shape index (κ1) is 13.6. The van der Waals surface area contributed by atoms with E-state index in [2.05, 4.69) is 5.32 Å². The third-order valence-corrected chi connectivity index (χ3v) is 4.22. The van der Waals surface area contributed by atoms with Gasteiger partial charge >= 0.3 is 0 Å². The molecule has 0 saturated carbocycles. The van der Waals surface area contributed by atoms with Gasteiger partial charge in [-0.15, -0.1) is 11.3 Å². The summed E-state index contributed by atoms with van der Waals surface area (Å²) in [4.78, 5) is 11.8. The molecule has 5 heteroatoms.